The summed E-state index contributed by atoms with van der Waals surface area (Å²) < 4.78 is 0. The SMILES string of the molecule is CC1CCC(C(=O)C(C)(C)N2CCCCC2)CC1. The van der Waals surface area contributed by atoms with Crippen molar-refractivity contribution in [2.45, 2.75) is 71.3 Å². The average Bonchev–Trinajstić information content (AvgIpc) is 2.40. The monoisotopic (exact) mass is 251 g/mol. The van der Waals surface area contributed by atoms with E-state index in [0.29, 0.717) is 11.7 Å². The second-order valence-corrected chi connectivity index (χ2v) is 6.93. The minimum atomic E-state index is -0.230. The number of Topliss-reactive ketones (excluding diaryl/α,β-unsaturated/α-hetero) is 1. The fourth-order valence-electron chi connectivity index (χ4n) is 3.63. The number of carbonyl (C=O) groups is 1. The van der Waals surface area contributed by atoms with Crippen LogP contribution in [0.5, 0.6) is 0 Å². The molecular formula is C16H29NO. The molecule has 0 spiro atoms. The Balaban J connectivity index is 1.97. The summed E-state index contributed by atoms with van der Waals surface area (Å²) in [6.45, 7) is 8.84. The Morgan fingerprint density at radius 1 is 1.00 bits per heavy atom. The first-order chi connectivity index (χ1) is 8.51. The molecule has 2 aliphatic rings. The van der Waals surface area contributed by atoms with Crippen molar-refractivity contribution >= 4 is 5.78 Å². The molecule has 0 aromatic heterocycles. The second kappa shape index (κ2) is 5.73. The first-order valence-electron chi connectivity index (χ1n) is 7.81. The molecule has 18 heavy (non-hydrogen) atoms. The Bertz CT molecular complexity index is 283. The molecule has 2 rings (SSSR count). The van der Waals surface area contributed by atoms with Crippen LogP contribution in [-0.4, -0.2) is 29.3 Å². The molecule has 1 heterocycles. The first-order valence-corrected chi connectivity index (χ1v) is 7.81. The molecule has 0 aromatic carbocycles. The number of likely N-dealkylation sites (tertiary alicyclic amines) is 1. The van der Waals surface area contributed by atoms with Gasteiger partial charge in [0.2, 0.25) is 0 Å². The number of hydrogen-bond donors (Lipinski definition) is 0. The highest BCUT2D eigenvalue weighted by molar-refractivity contribution is 5.89. The molecule has 1 saturated carbocycles. The van der Waals surface area contributed by atoms with Gasteiger partial charge in [0.25, 0.3) is 0 Å². The van der Waals surface area contributed by atoms with Crippen molar-refractivity contribution in [3.05, 3.63) is 0 Å². The molecule has 0 bridgehead atoms. The zero-order valence-electron chi connectivity index (χ0n) is 12.4. The summed E-state index contributed by atoms with van der Waals surface area (Å²) >= 11 is 0. The van der Waals surface area contributed by atoms with Crippen LogP contribution in [0, 0.1) is 11.8 Å². The summed E-state index contributed by atoms with van der Waals surface area (Å²) in [4.78, 5) is 15.2. The summed E-state index contributed by atoms with van der Waals surface area (Å²) in [5.74, 6) is 1.67. The number of rotatable bonds is 3. The van der Waals surface area contributed by atoms with Crippen LogP contribution in [0.1, 0.15) is 65.7 Å². The predicted molar refractivity (Wildman–Crippen MR) is 75.6 cm³/mol. The van der Waals surface area contributed by atoms with Crippen molar-refractivity contribution in [3.63, 3.8) is 0 Å². The van der Waals surface area contributed by atoms with Crippen LogP contribution in [0.2, 0.25) is 0 Å². The molecule has 0 unspecified atom stereocenters. The standard InChI is InChI=1S/C16H29NO/c1-13-7-9-14(10-8-13)15(18)16(2,3)17-11-5-4-6-12-17/h13-14H,4-12H2,1-3H3. The normalized spacial score (nSPS) is 31.3. The van der Waals surface area contributed by atoms with E-state index in [-0.39, 0.29) is 5.54 Å². The van der Waals surface area contributed by atoms with E-state index in [4.69, 9.17) is 0 Å². The third kappa shape index (κ3) is 2.96. The highest BCUT2D eigenvalue weighted by Gasteiger charge is 2.39. The molecule has 2 fully saturated rings. The molecule has 104 valence electrons. The highest BCUT2D eigenvalue weighted by Crippen LogP contribution is 2.33. The lowest BCUT2D eigenvalue weighted by Gasteiger charge is -2.42. The minimum absolute atomic E-state index is 0.230. The Morgan fingerprint density at radius 2 is 1.56 bits per heavy atom. The lowest BCUT2D eigenvalue weighted by Crippen LogP contribution is -2.54. The van der Waals surface area contributed by atoms with Gasteiger partial charge in [-0.1, -0.05) is 26.2 Å². The van der Waals surface area contributed by atoms with Crippen LogP contribution >= 0.6 is 0 Å². The quantitative estimate of drug-likeness (QED) is 0.763. The van der Waals surface area contributed by atoms with E-state index in [2.05, 4.69) is 25.7 Å². The van der Waals surface area contributed by atoms with Crippen molar-refractivity contribution < 1.29 is 4.79 Å². The summed E-state index contributed by atoms with van der Waals surface area (Å²) in [7, 11) is 0. The Labute approximate surface area is 112 Å². The van der Waals surface area contributed by atoms with Gasteiger partial charge < -0.3 is 0 Å². The fourth-order valence-corrected chi connectivity index (χ4v) is 3.63. The Morgan fingerprint density at radius 3 is 2.11 bits per heavy atom. The molecular weight excluding hydrogens is 222 g/mol. The maximum absolute atomic E-state index is 12.8. The molecule has 1 aliphatic heterocycles. The molecule has 0 atom stereocenters. The van der Waals surface area contributed by atoms with Crippen LogP contribution in [0.15, 0.2) is 0 Å². The van der Waals surface area contributed by atoms with Crippen LogP contribution in [0.25, 0.3) is 0 Å². The molecule has 1 saturated heterocycles. The summed E-state index contributed by atoms with van der Waals surface area (Å²) in [5.41, 5.74) is -0.230. The van der Waals surface area contributed by atoms with Crippen LogP contribution in [-0.2, 0) is 4.79 Å². The molecule has 2 heteroatoms. The highest BCUT2D eigenvalue weighted by atomic mass is 16.1. The third-order valence-corrected chi connectivity index (χ3v) is 5.14. The van der Waals surface area contributed by atoms with Crippen LogP contribution in [0.3, 0.4) is 0 Å². The van der Waals surface area contributed by atoms with E-state index in [1.54, 1.807) is 0 Å². The van der Waals surface area contributed by atoms with E-state index >= 15 is 0 Å². The van der Waals surface area contributed by atoms with Gasteiger partial charge in [-0.3, -0.25) is 9.69 Å². The van der Waals surface area contributed by atoms with E-state index < -0.39 is 0 Å². The zero-order chi connectivity index (χ0) is 13.2. The number of piperidine rings is 1. The Hall–Kier alpha value is -0.370. The van der Waals surface area contributed by atoms with Crippen molar-refractivity contribution in [2.75, 3.05) is 13.1 Å². The topological polar surface area (TPSA) is 20.3 Å². The maximum Gasteiger partial charge on any atom is 0.155 e. The van der Waals surface area contributed by atoms with Gasteiger partial charge in [0.1, 0.15) is 0 Å². The third-order valence-electron chi connectivity index (χ3n) is 5.14. The summed E-state index contributed by atoms with van der Waals surface area (Å²) in [6.07, 6.45) is 8.59. The molecule has 0 radical (unpaired) electrons. The fraction of sp³-hybridized carbons (Fsp3) is 0.938. The smallest absolute Gasteiger partial charge is 0.155 e. The van der Waals surface area contributed by atoms with E-state index in [1.165, 1.54) is 32.1 Å². The van der Waals surface area contributed by atoms with Gasteiger partial charge in [-0.2, -0.15) is 0 Å². The maximum atomic E-state index is 12.8. The van der Waals surface area contributed by atoms with Crippen molar-refractivity contribution in [3.8, 4) is 0 Å². The van der Waals surface area contributed by atoms with E-state index in [0.717, 1.165) is 31.8 Å². The lowest BCUT2D eigenvalue weighted by atomic mass is 9.75. The zero-order valence-corrected chi connectivity index (χ0v) is 12.4. The predicted octanol–water partition coefficient (Wildman–Crippen LogP) is 3.65. The summed E-state index contributed by atoms with van der Waals surface area (Å²) in [5, 5.41) is 0. The molecule has 0 amide bonds. The average molecular weight is 251 g/mol. The van der Waals surface area contributed by atoms with Crippen LogP contribution in [0.4, 0.5) is 0 Å². The van der Waals surface area contributed by atoms with Gasteiger partial charge in [0.15, 0.2) is 5.78 Å². The number of hydrogen-bond acceptors (Lipinski definition) is 2. The van der Waals surface area contributed by atoms with Gasteiger partial charge in [-0.15, -0.1) is 0 Å². The minimum Gasteiger partial charge on any atom is -0.297 e. The number of nitrogens with zero attached hydrogens (tertiary/aromatic N) is 1. The second-order valence-electron chi connectivity index (χ2n) is 6.93. The van der Waals surface area contributed by atoms with E-state index in [1.807, 2.05) is 0 Å². The van der Waals surface area contributed by atoms with Crippen molar-refractivity contribution in [2.24, 2.45) is 11.8 Å². The van der Waals surface area contributed by atoms with Gasteiger partial charge in [-0.25, -0.2) is 0 Å². The molecule has 0 N–H and O–H groups in total. The van der Waals surface area contributed by atoms with Gasteiger partial charge >= 0.3 is 0 Å². The largest absolute Gasteiger partial charge is 0.297 e. The number of carbonyl (C=O) groups excluding carboxylic acids is 1. The van der Waals surface area contributed by atoms with Gasteiger partial charge in [0, 0.05) is 5.92 Å². The van der Waals surface area contributed by atoms with E-state index in [9.17, 15) is 4.79 Å². The van der Waals surface area contributed by atoms with Gasteiger partial charge in [-0.05, 0) is 58.5 Å². The lowest BCUT2D eigenvalue weighted by molar-refractivity contribution is -0.135. The molecule has 2 nitrogen and oxygen atoms in total. The first kappa shape index (κ1) is 14.0. The summed E-state index contributed by atoms with van der Waals surface area (Å²) in [6, 6.07) is 0. The molecule has 1 aliphatic carbocycles. The number of ketones is 1. The van der Waals surface area contributed by atoms with Crippen molar-refractivity contribution in [1.29, 1.82) is 0 Å². The Kier molecular flexibility index (Phi) is 4.47. The van der Waals surface area contributed by atoms with Crippen LogP contribution < -0.4 is 0 Å². The van der Waals surface area contributed by atoms with Gasteiger partial charge in [0.05, 0.1) is 5.54 Å². The van der Waals surface area contributed by atoms with Crippen molar-refractivity contribution in [1.82, 2.24) is 4.90 Å². The molecule has 0 aromatic rings.